The normalized spacial score (nSPS) is 21.7. The van der Waals surface area contributed by atoms with Crippen LogP contribution in [0.15, 0.2) is 0 Å². The predicted molar refractivity (Wildman–Crippen MR) is 108 cm³/mol. The fraction of sp³-hybridized carbons (Fsp3) is 0.895. The molecule has 3 aliphatic rings. The smallest absolute Gasteiger partial charge is 0.236 e. The third-order valence-corrected chi connectivity index (χ3v) is 5.05. The van der Waals surface area contributed by atoms with Crippen LogP contribution in [-0.2, 0) is 9.59 Å². The summed E-state index contributed by atoms with van der Waals surface area (Å²) in [5, 5.41) is 9.44. The number of likely N-dealkylation sites (tertiary alicyclic amines) is 1. The summed E-state index contributed by atoms with van der Waals surface area (Å²) in [5.74, 6) is 0.460. The molecular weight excluding hydrogens is 344 g/mol. The summed E-state index contributed by atoms with van der Waals surface area (Å²) < 4.78 is 0. The Labute approximate surface area is 164 Å². The van der Waals surface area contributed by atoms with Crippen molar-refractivity contribution >= 4 is 11.8 Å². The van der Waals surface area contributed by atoms with E-state index in [1.165, 1.54) is 12.8 Å². The molecule has 8 nitrogen and oxygen atoms in total. The molecule has 156 valence electrons. The molecule has 27 heavy (non-hydrogen) atoms. The molecule has 0 aliphatic carbocycles. The van der Waals surface area contributed by atoms with E-state index in [0.29, 0.717) is 19.0 Å². The van der Waals surface area contributed by atoms with Gasteiger partial charge < -0.3 is 20.9 Å². The van der Waals surface area contributed by atoms with Crippen LogP contribution in [0.4, 0.5) is 0 Å². The maximum absolute atomic E-state index is 11.8. The lowest BCUT2D eigenvalue weighted by atomic mass is 10.3. The van der Waals surface area contributed by atoms with Crippen LogP contribution in [0, 0.1) is 0 Å². The fourth-order valence-electron chi connectivity index (χ4n) is 3.57. The molecule has 0 bridgehead atoms. The molecule has 3 fully saturated rings. The lowest BCUT2D eigenvalue weighted by Crippen LogP contribution is -2.48. The number of amides is 2. The summed E-state index contributed by atoms with van der Waals surface area (Å²) in [5.41, 5.74) is 0. The minimum atomic E-state index is 0.136. The average Bonchev–Trinajstić information content (AvgIpc) is 3.18. The second-order valence-electron chi connectivity index (χ2n) is 7.86. The van der Waals surface area contributed by atoms with E-state index in [4.69, 9.17) is 0 Å². The Morgan fingerprint density at radius 2 is 1.30 bits per heavy atom. The molecule has 3 N–H and O–H groups in total. The Kier molecular flexibility index (Phi) is 10.0. The Balaban J connectivity index is 0.000000194. The minimum absolute atomic E-state index is 0.136. The van der Waals surface area contributed by atoms with Crippen LogP contribution in [-0.4, -0.2) is 111 Å². The number of rotatable bonds is 5. The van der Waals surface area contributed by atoms with E-state index in [2.05, 4.69) is 25.8 Å². The highest BCUT2D eigenvalue weighted by Gasteiger charge is 2.21. The predicted octanol–water partition coefficient (Wildman–Crippen LogP) is -1.07. The van der Waals surface area contributed by atoms with E-state index in [0.717, 1.165) is 65.4 Å². The summed E-state index contributed by atoms with van der Waals surface area (Å²) in [6.07, 6.45) is 2.38. The third-order valence-electron chi connectivity index (χ3n) is 5.05. The summed E-state index contributed by atoms with van der Waals surface area (Å²) in [4.78, 5) is 29.5. The van der Waals surface area contributed by atoms with E-state index in [-0.39, 0.29) is 11.9 Å². The van der Waals surface area contributed by atoms with Crippen LogP contribution < -0.4 is 16.0 Å². The molecule has 0 saturated carbocycles. The highest BCUT2D eigenvalue weighted by molar-refractivity contribution is 5.78. The maximum atomic E-state index is 11.8. The van der Waals surface area contributed by atoms with Gasteiger partial charge in [0, 0.05) is 71.5 Å². The van der Waals surface area contributed by atoms with Crippen LogP contribution in [0.2, 0.25) is 0 Å². The number of hydrogen-bond donors (Lipinski definition) is 3. The number of nitrogens with zero attached hydrogens (tertiary/aromatic N) is 3. The molecule has 2 amide bonds. The minimum Gasteiger partial charge on any atom is -0.353 e. The zero-order chi connectivity index (χ0) is 19.5. The largest absolute Gasteiger partial charge is 0.353 e. The molecule has 0 aromatic rings. The van der Waals surface area contributed by atoms with E-state index < -0.39 is 0 Å². The molecule has 3 heterocycles. The summed E-state index contributed by atoms with van der Waals surface area (Å²) >= 11 is 0. The van der Waals surface area contributed by atoms with Crippen molar-refractivity contribution < 1.29 is 9.59 Å². The van der Waals surface area contributed by atoms with Gasteiger partial charge >= 0.3 is 0 Å². The standard InChI is InChI=1S/C10H19N3O.C9H19N3O/c14-10(13-5-1-2-6-13)9-12-7-3-11-4-8-12;1-8(2)11-9(13)7-12-5-3-10-4-6-12/h11H,1-9H2;8,10H,3-7H2,1-2H3,(H,11,13). The second-order valence-corrected chi connectivity index (χ2v) is 7.86. The number of nitrogens with one attached hydrogen (secondary N) is 3. The number of carbonyl (C=O) groups is 2. The van der Waals surface area contributed by atoms with Crippen LogP contribution in [0.3, 0.4) is 0 Å². The molecule has 0 radical (unpaired) electrons. The van der Waals surface area contributed by atoms with Crippen molar-refractivity contribution in [3.8, 4) is 0 Å². The third kappa shape index (κ3) is 9.01. The van der Waals surface area contributed by atoms with Gasteiger partial charge in [-0.15, -0.1) is 0 Å². The van der Waals surface area contributed by atoms with Crippen molar-refractivity contribution in [3.63, 3.8) is 0 Å². The fourth-order valence-corrected chi connectivity index (χ4v) is 3.57. The van der Waals surface area contributed by atoms with Crippen molar-refractivity contribution in [1.29, 1.82) is 0 Å². The summed E-state index contributed by atoms with van der Waals surface area (Å²) in [6, 6.07) is 0.246. The summed E-state index contributed by atoms with van der Waals surface area (Å²) in [6.45, 7) is 15.1. The number of piperazine rings is 2. The Hall–Kier alpha value is -1.22. The van der Waals surface area contributed by atoms with E-state index in [9.17, 15) is 9.59 Å². The average molecular weight is 383 g/mol. The quantitative estimate of drug-likeness (QED) is 0.562. The highest BCUT2D eigenvalue weighted by atomic mass is 16.2. The number of carbonyl (C=O) groups excluding carboxylic acids is 2. The Morgan fingerprint density at radius 1 is 0.815 bits per heavy atom. The molecule has 3 rings (SSSR count). The lowest BCUT2D eigenvalue weighted by Gasteiger charge is -2.28. The van der Waals surface area contributed by atoms with Gasteiger partial charge in [0.05, 0.1) is 13.1 Å². The molecule has 0 spiro atoms. The van der Waals surface area contributed by atoms with Gasteiger partial charge in [-0.05, 0) is 26.7 Å². The van der Waals surface area contributed by atoms with Crippen LogP contribution >= 0.6 is 0 Å². The highest BCUT2D eigenvalue weighted by Crippen LogP contribution is 2.08. The van der Waals surface area contributed by atoms with Gasteiger partial charge in [-0.2, -0.15) is 0 Å². The topological polar surface area (TPSA) is 80.0 Å². The number of hydrogen-bond acceptors (Lipinski definition) is 6. The van der Waals surface area contributed by atoms with Gasteiger partial charge in [0.1, 0.15) is 0 Å². The van der Waals surface area contributed by atoms with Crippen molar-refractivity contribution in [3.05, 3.63) is 0 Å². The second kappa shape index (κ2) is 12.3. The van der Waals surface area contributed by atoms with Crippen LogP contribution in [0.5, 0.6) is 0 Å². The van der Waals surface area contributed by atoms with Crippen molar-refractivity contribution in [2.45, 2.75) is 32.7 Å². The molecular formula is C19H38N6O2. The van der Waals surface area contributed by atoms with Gasteiger partial charge in [-0.25, -0.2) is 0 Å². The molecule has 0 atom stereocenters. The SMILES string of the molecule is CC(C)NC(=O)CN1CCNCC1.O=C(CN1CCNCC1)N1CCCC1. The molecule has 3 aliphatic heterocycles. The lowest BCUT2D eigenvalue weighted by molar-refractivity contribution is -0.131. The van der Waals surface area contributed by atoms with Gasteiger partial charge in [0.15, 0.2) is 0 Å². The molecule has 0 unspecified atom stereocenters. The van der Waals surface area contributed by atoms with Gasteiger partial charge in [0.2, 0.25) is 11.8 Å². The molecule has 8 heteroatoms. The van der Waals surface area contributed by atoms with Crippen LogP contribution in [0.1, 0.15) is 26.7 Å². The maximum Gasteiger partial charge on any atom is 0.236 e. The van der Waals surface area contributed by atoms with Crippen molar-refractivity contribution in [1.82, 2.24) is 30.7 Å². The Morgan fingerprint density at radius 3 is 1.78 bits per heavy atom. The van der Waals surface area contributed by atoms with Crippen LogP contribution in [0.25, 0.3) is 0 Å². The van der Waals surface area contributed by atoms with Gasteiger partial charge in [0.25, 0.3) is 0 Å². The van der Waals surface area contributed by atoms with Crippen molar-refractivity contribution in [2.24, 2.45) is 0 Å². The summed E-state index contributed by atoms with van der Waals surface area (Å²) in [7, 11) is 0. The molecule has 0 aromatic heterocycles. The first-order valence-corrected chi connectivity index (χ1v) is 10.5. The van der Waals surface area contributed by atoms with Gasteiger partial charge in [-0.3, -0.25) is 19.4 Å². The zero-order valence-corrected chi connectivity index (χ0v) is 17.1. The zero-order valence-electron chi connectivity index (χ0n) is 17.1. The first-order chi connectivity index (χ1) is 13.0. The van der Waals surface area contributed by atoms with Crippen molar-refractivity contribution in [2.75, 3.05) is 78.5 Å². The van der Waals surface area contributed by atoms with E-state index in [1.54, 1.807) is 0 Å². The van der Waals surface area contributed by atoms with E-state index in [1.807, 2.05) is 18.7 Å². The van der Waals surface area contributed by atoms with E-state index >= 15 is 0 Å². The molecule has 0 aromatic carbocycles. The van der Waals surface area contributed by atoms with Gasteiger partial charge in [-0.1, -0.05) is 0 Å². The first kappa shape index (κ1) is 22.1. The monoisotopic (exact) mass is 382 g/mol. The first-order valence-electron chi connectivity index (χ1n) is 10.5. The Bertz CT molecular complexity index is 441. The molecule has 3 saturated heterocycles.